The fraction of sp³-hybridized carbons (Fsp3) is 0.333. The number of rotatable bonds is 4. The fourth-order valence-corrected chi connectivity index (χ4v) is 4.85. The highest BCUT2D eigenvalue weighted by Crippen LogP contribution is 2.36. The number of aromatic nitrogens is 6. The monoisotopic (exact) mass is 527 g/mol. The first kappa shape index (κ1) is 25.2. The van der Waals surface area contributed by atoms with E-state index < -0.39 is 18.3 Å². The maximum Gasteiger partial charge on any atom is 0.408 e. The Morgan fingerprint density at radius 2 is 1.84 bits per heavy atom. The number of fused-ring (bicyclic) bond motifs is 1. The minimum Gasteiger partial charge on any atom is -0.382 e. The number of hydrogen-bond donors (Lipinski definition) is 1. The highest BCUT2D eigenvalue weighted by atomic mass is 19.4. The van der Waals surface area contributed by atoms with Gasteiger partial charge in [-0.15, -0.1) is 0 Å². The second-order valence-corrected chi connectivity index (χ2v) is 9.43. The molecule has 5 heterocycles. The highest BCUT2D eigenvalue weighted by Gasteiger charge is 2.44. The molecular formula is C24H24F3N9O2. The molecular weight excluding hydrogens is 503 g/mol. The van der Waals surface area contributed by atoms with Crippen LogP contribution in [0.3, 0.4) is 0 Å². The summed E-state index contributed by atoms with van der Waals surface area (Å²) >= 11 is 0. The predicted octanol–water partition coefficient (Wildman–Crippen LogP) is 2.77. The molecule has 4 aromatic rings. The van der Waals surface area contributed by atoms with E-state index in [0.717, 1.165) is 4.68 Å². The molecule has 38 heavy (non-hydrogen) atoms. The molecule has 2 N–H and O–H groups in total. The van der Waals surface area contributed by atoms with Crippen LogP contribution in [0.1, 0.15) is 20.8 Å². The van der Waals surface area contributed by atoms with Crippen LogP contribution < -0.4 is 10.6 Å². The molecule has 0 atom stereocenters. The van der Waals surface area contributed by atoms with Crippen LogP contribution in [-0.2, 0) is 16.1 Å². The molecule has 0 aliphatic carbocycles. The first-order chi connectivity index (χ1) is 17.9. The average Bonchev–Trinajstić information content (AvgIpc) is 3.44. The normalized spacial score (nSPS) is 15.9. The van der Waals surface area contributed by atoms with E-state index in [0.29, 0.717) is 34.7 Å². The number of alkyl halides is 3. The lowest BCUT2D eigenvalue weighted by Gasteiger charge is -2.45. The molecule has 1 aliphatic rings. The first-order valence-corrected chi connectivity index (χ1v) is 11.7. The van der Waals surface area contributed by atoms with Crippen molar-refractivity contribution in [2.75, 3.05) is 23.7 Å². The summed E-state index contributed by atoms with van der Waals surface area (Å²) < 4.78 is 41.9. The largest absolute Gasteiger partial charge is 0.408 e. The number of carbonyl (C=O) groups excluding carboxylic acids is 2. The standard InChI is InChI=1S/C24H24F3N9O2/c1-14(37)34-9-8-33(22(38)23(34,2)3)19-10-15(4-6-29-19)18-11-16(20-21(28)30-13-32-36(18)20)17-5-7-31-35(17)12-24(25,26)27/h4-7,10-11,13H,8-9,12H2,1-3H3,(H2,28,30,32). The minimum atomic E-state index is -4.48. The number of piperazine rings is 1. The average molecular weight is 528 g/mol. The van der Waals surface area contributed by atoms with Crippen LogP contribution in [0, 0.1) is 0 Å². The van der Waals surface area contributed by atoms with Gasteiger partial charge in [0, 0.05) is 43.5 Å². The zero-order chi connectivity index (χ0) is 27.4. The van der Waals surface area contributed by atoms with Crippen molar-refractivity contribution in [3.8, 4) is 22.5 Å². The summed E-state index contributed by atoms with van der Waals surface area (Å²) in [6, 6.07) is 6.50. The third-order valence-electron chi connectivity index (χ3n) is 6.59. The van der Waals surface area contributed by atoms with E-state index in [9.17, 15) is 22.8 Å². The molecule has 0 radical (unpaired) electrons. The Kier molecular flexibility index (Phi) is 5.84. The Morgan fingerprint density at radius 1 is 1.08 bits per heavy atom. The van der Waals surface area contributed by atoms with Gasteiger partial charge in [0.2, 0.25) is 5.91 Å². The summed E-state index contributed by atoms with van der Waals surface area (Å²) in [7, 11) is 0. The first-order valence-electron chi connectivity index (χ1n) is 11.7. The highest BCUT2D eigenvalue weighted by molar-refractivity contribution is 6.02. The van der Waals surface area contributed by atoms with Crippen molar-refractivity contribution in [1.29, 1.82) is 0 Å². The molecule has 14 heteroatoms. The molecule has 1 fully saturated rings. The second-order valence-electron chi connectivity index (χ2n) is 9.43. The molecule has 0 saturated carbocycles. The van der Waals surface area contributed by atoms with E-state index in [2.05, 4.69) is 20.2 Å². The minimum absolute atomic E-state index is 0.0765. The van der Waals surface area contributed by atoms with Gasteiger partial charge in [0.1, 0.15) is 29.7 Å². The lowest BCUT2D eigenvalue weighted by Crippen LogP contribution is -2.64. The summed E-state index contributed by atoms with van der Waals surface area (Å²) in [5.74, 6) is -0.0390. The van der Waals surface area contributed by atoms with Crippen molar-refractivity contribution < 1.29 is 22.8 Å². The third-order valence-corrected chi connectivity index (χ3v) is 6.59. The van der Waals surface area contributed by atoms with Gasteiger partial charge in [-0.05, 0) is 38.1 Å². The summed E-state index contributed by atoms with van der Waals surface area (Å²) in [6.45, 7) is 4.11. The molecule has 11 nitrogen and oxygen atoms in total. The number of nitrogens with zero attached hydrogens (tertiary/aromatic N) is 8. The van der Waals surface area contributed by atoms with Crippen molar-refractivity contribution in [3.05, 3.63) is 43.0 Å². The van der Waals surface area contributed by atoms with Crippen molar-refractivity contribution in [2.45, 2.75) is 39.0 Å². The van der Waals surface area contributed by atoms with Crippen LogP contribution in [0.15, 0.2) is 43.0 Å². The Labute approximate surface area is 214 Å². The lowest BCUT2D eigenvalue weighted by atomic mass is 9.97. The summed E-state index contributed by atoms with van der Waals surface area (Å²) in [5, 5.41) is 8.13. The maximum atomic E-state index is 13.3. The molecule has 2 amide bonds. The van der Waals surface area contributed by atoms with Crippen LogP contribution in [-0.4, -0.2) is 70.9 Å². The Bertz CT molecular complexity index is 1560. The fourth-order valence-electron chi connectivity index (χ4n) is 4.85. The number of amides is 2. The molecule has 0 spiro atoms. The van der Waals surface area contributed by atoms with E-state index in [4.69, 9.17) is 5.73 Å². The van der Waals surface area contributed by atoms with Crippen LogP contribution in [0.5, 0.6) is 0 Å². The molecule has 0 bridgehead atoms. The number of nitrogens with two attached hydrogens (primary N) is 1. The van der Waals surface area contributed by atoms with E-state index >= 15 is 0 Å². The molecule has 0 unspecified atom stereocenters. The molecule has 5 rings (SSSR count). The van der Waals surface area contributed by atoms with Gasteiger partial charge in [-0.3, -0.25) is 19.2 Å². The Balaban J connectivity index is 1.60. The number of carbonyl (C=O) groups is 2. The number of halogens is 3. The molecule has 198 valence electrons. The van der Waals surface area contributed by atoms with Gasteiger partial charge in [-0.2, -0.15) is 23.4 Å². The van der Waals surface area contributed by atoms with E-state index in [-0.39, 0.29) is 29.9 Å². The van der Waals surface area contributed by atoms with Crippen molar-refractivity contribution in [3.63, 3.8) is 0 Å². The van der Waals surface area contributed by atoms with Gasteiger partial charge in [0.25, 0.3) is 5.91 Å². The zero-order valence-electron chi connectivity index (χ0n) is 20.8. The molecule has 0 aromatic carbocycles. The SMILES string of the molecule is CC(=O)N1CCN(c2cc(-c3cc(-c4ccnn4CC(F)(F)F)c4c(N)ncnn34)ccn2)C(=O)C1(C)C. The number of anilines is 2. The Morgan fingerprint density at radius 3 is 2.55 bits per heavy atom. The van der Waals surface area contributed by atoms with Crippen LogP contribution in [0.2, 0.25) is 0 Å². The van der Waals surface area contributed by atoms with Gasteiger partial charge in [0.15, 0.2) is 5.82 Å². The van der Waals surface area contributed by atoms with Gasteiger partial charge in [-0.25, -0.2) is 14.5 Å². The summed E-state index contributed by atoms with van der Waals surface area (Å²) in [5.41, 5.74) is 7.05. The zero-order valence-corrected chi connectivity index (χ0v) is 20.8. The second kappa shape index (κ2) is 8.82. The third kappa shape index (κ3) is 4.21. The maximum absolute atomic E-state index is 13.3. The van der Waals surface area contributed by atoms with Gasteiger partial charge >= 0.3 is 6.18 Å². The van der Waals surface area contributed by atoms with E-state index in [1.54, 1.807) is 32.0 Å². The number of pyridine rings is 1. The van der Waals surface area contributed by atoms with Crippen molar-refractivity contribution >= 4 is 29.0 Å². The van der Waals surface area contributed by atoms with Crippen molar-refractivity contribution in [1.82, 2.24) is 34.3 Å². The molecule has 1 saturated heterocycles. The lowest BCUT2D eigenvalue weighted by molar-refractivity contribution is -0.145. The summed E-state index contributed by atoms with van der Waals surface area (Å²) in [4.78, 5) is 36.8. The van der Waals surface area contributed by atoms with Crippen LogP contribution in [0.4, 0.5) is 24.8 Å². The van der Waals surface area contributed by atoms with Gasteiger partial charge in [0.05, 0.1) is 11.4 Å². The van der Waals surface area contributed by atoms with Crippen LogP contribution >= 0.6 is 0 Å². The van der Waals surface area contributed by atoms with Crippen molar-refractivity contribution in [2.24, 2.45) is 0 Å². The number of nitrogen functional groups attached to an aromatic ring is 1. The van der Waals surface area contributed by atoms with E-state index in [1.165, 1.54) is 46.0 Å². The molecule has 1 aliphatic heterocycles. The smallest absolute Gasteiger partial charge is 0.382 e. The topological polar surface area (TPSA) is 128 Å². The van der Waals surface area contributed by atoms with Crippen LogP contribution in [0.25, 0.3) is 28.0 Å². The van der Waals surface area contributed by atoms with Gasteiger partial charge in [-0.1, -0.05) is 0 Å². The molecule has 4 aromatic heterocycles. The van der Waals surface area contributed by atoms with E-state index in [1.807, 2.05) is 0 Å². The number of hydrogen-bond acceptors (Lipinski definition) is 7. The Hall–Kier alpha value is -4.49. The van der Waals surface area contributed by atoms with Gasteiger partial charge < -0.3 is 10.6 Å². The summed E-state index contributed by atoms with van der Waals surface area (Å²) in [6.07, 6.45) is -0.422. The predicted molar refractivity (Wildman–Crippen MR) is 132 cm³/mol. The quantitative estimate of drug-likeness (QED) is 0.432.